The van der Waals surface area contributed by atoms with Crippen LogP contribution in [0, 0.1) is 6.92 Å². The number of aryl methyl sites for hydroxylation is 1. The summed E-state index contributed by atoms with van der Waals surface area (Å²) in [5, 5.41) is 5.87. The highest BCUT2D eigenvalue weighted by Crippen LogP contribution is 2.27. The smallest absolute Gasteiger partial charge is 0.339 e. The Bertz CT molecular complexity index is 973. The van der Waals surface area contributed by atoms with Gasteiger partial charge in [0, 0.05) is 16.0 Å². The molecule has 0 aliphatic carbocycles. The number of ether oxygens (including phenoxy) is 1. The zero-order chi connectivity index (χ0) is 20.6. The van der Waals surface area contributed by atoms with E-state index in [2.05, 4.69) is 10.3 Å². The van der Waals surface area contributed by atoms with Crippen molar-refractivity contribution in [3.8, 4) is 0 Å². The Balaban J connectivity index is 1.54. The first kappa shape index (κ1) is 21.1. The summed E-state index contributed by atoms with van der Waals surface area (Å²) in [5.74, 6) is -0.174. The van der Waals surface area contributed by atoms with Crippen LogP contribution in [0.1, 0.15) is 39.6 Å². The molecule has 150 valence electrons. The Labute approximate surface area is 178 Å². The molecular formula is C22H22N2O3S2. The molecule has 1 aromatic heterocycles. The van der Waals surface area contributed by atoms with Crippen LogP contribution in [-0.4, -0.2) is 23.5 Å². The van der Waals surface area contributed by atoms with Crippen LogP contribution >= 0.6 is 23.1 Å². The number of carbonyl (C=O) groups excluding carboxylic acids is 2. The van der Waals surface area contributed by atoms with E-state index in [1.165, 1.54) is 11.8 Å². The fourth-order valence-electron chi connectivity index (χ4n) is 2.70. The quantitative estimate of drug-likeness (QED) is 0.415. The Morgan fingerprint density at radius 3 is 2.59 bits per heavy atom. The Morgan fingerprint density at radius 2 is 1.86 bits per heavy atom. The highest BCUT2D eigenvalue weighted by molar-refractivity contribution is 7.98. The van der Waals surface area contributed by atoms with Crippen LogP contribution in [0.4, 0.5) is 0 Å². The lowest BCUT2D eigenvalue weighted by atomic mass is 10.1. The monoisotopic (exact) mass is 426 g/mol. The van der Waals surface area contributed by atoms with Crippen LogP contribution in [-0.2, 0) is 15.3 Å². The molecule has 2 aromatic carbocycles. The van der Waals surface area contributed by atoms with Crippen molar-refractivity contribution < 1.29 is 14.3 Å². The van der Waals surface area contributed by atoms with Crippen LogP contribution < -0.4 is 5.32 Å². The van der Waals surface area contributed by atoms with E-state index >= 15 is 0 Å². The average molecular weight is 427 g/mol. The lowest BCUT2D eigenvalue weighted by Crippen LogP contribution is -2.31. The second-order valence-corrected chi connectivity index (χ2v) is 8.50. The van der Waals surface area contributed by atoms with Gasteiger partial charge in [-0.1, -0.05) is 42.5 Å². The van der Waals surface area contributed by atoms with Gasteiger partial charge in [0.15, 0.2) is 6.61 Å². The Kier molecular flexibility index (Phi) is 7.43. The molecule has 0 fully saturated rings. The molecule has 29 heavy (non-hydrogen) atoms. The number of thioether (sulfide) groups is 1. The second-order valence-electron chi connectivity index (χ2n) is 6.42. The summed E-state index contributed by atoms with van der Waals surface area (Å²) < 4.78 is 5.25. The van der Waals surface area contributed by atoms with Gasteiger partial charge in [0.05, 0.1) is 22.3 Å². The van der Waals surface area contributed by atoms with Gasteiger partial charge in [-0.25, -0.2) is 9.78 Å². The van der Waals surface area contributed by atoms with Gasteiger partial charge in [-0.15, -0.1) is 23.1 Å². The van der Waals surface area contributed by atoms with E-state index in [0.29, 0.717) is 11.3 Å². The van der Waals surface area contributed by atoms with Gasteiger partial charge >= 0.3 is 5.97 Å². The van der Waals surface area contributed by atoms with Crippen LogP contribution in [0.3, 0.4) is 0 Å². The van der Waals surface area contributed by atoms with Gasteiger partial charge in [0.25, 0.3) is 5.91 Å². The number of nitrogens with one attached hydrogen (secondary N) is 1. The molecule has 1 atom stereocenters. The normalized spacial score (nSPS) is 11.7. The molecule has 1 N–H and O–H groups in total. The van der Waals surface area contributed by atoms with Crippen molar-refractivity contribution in [2.45, 2.75) is 30.5 Å². The third kappa shape index (κ3) is 6.17. The molecule has 0 saturated carbocycles. The van der Waals surface area contributed by atoms with Gasteiger partial charge in [-0.05, 0) is 31.5 Å². The molecule has 1 unspecified atom stereocenters. The van der Waals surface area contributed by atoms with Gasteiger partial charge < -0.3 is 10.1 Å². The molecule has 0 saturated heterocycles. The molecule has 0 aliphatic heterocycles. The summed E-state index contributed by atoms with van der Waals surface area (Å²) in [6.45, 7) is 3.54. The summed E-state index contributed by atoms with van der Waals surface area (Å²) in [4.78, 5) is 29.9. The van der Waals surface area contributed by atoms with E-state index in [-0.39, 0.29) is 18.6 Å². The maximum Gasteiger partial charge on any atom is 0.339 e. The molecule has 3 aromatic rings. The summed E-state index contributed by atoms with van der Waals surface area (Å²) in [7, 11) is 0. The Morgan fingerprint density at radius 1 is 1.14 bits per heavy atom. The van der Waals surface area contributed by atoms with E-state index < -0.39 is 5.97 Å². The van der Waals surface area contributed by atoms with E-state index in [0.717, 1.165) is 21.2 Å². The lowest BCUT2D eigenvalue weighted by Gasteiger charge is -2.14. The number of esters is 1. The average Bonchev–Trinajstić information content (AvgIpc) is 3.16. The third-order valence-electron chi connectivity index (χ3n) is 4.16. The molecule has 0 bridgehead atoms. The number of hydrogen-bond acceptors (Lipinski definition) is 6. The molecule has 0 spiro atoms. The first-order valence-electron chi connectivity index (χ1n) is 9.17. The van der Waals surface area contributed by atoms with Crippen molar-refractivity contribution in [1.29, 1.82) is 0 Å². The van der Waals surface area contributed by atoms with Gasteiger partial charge in [-0.2, -0.15) is 0 Å². The van der Waals surface area contributed by atoms with Crippen LogP contribution in [0.5, 0.6) is 0 Å². The zero-order valence-electron chi connectivity index (χ0n) is 16.3. The van der Waals surface area contributed by atoms with Gasteiger partial charge in [-0.3, -0.25) is 4.79 Å². The van der Waals surface area contributed by atoms with Crippen molar-refractivity contribution >= 4 is 35.0 Å². The molecule has 1 heterocycles. The number of carbonyl (C=O) groups is 2. The highest BCUT2D eigenvalue weighted by Gasteiger charge is 2.16. The third-order valence-corrected chi connectivity index (χ3v) is 6.09. The maximum atomic E-state index is 12.5. The summed E-state index contributed by atoms with van der Waals surface area (Å²) in [6, 6.07) is 16.7. The standard InChI is InChI=1S/C22H22N2O3S2/c1-15(17-8-4-3-5-9-17)23-21(25)12-27-22(26)19-10-6-7-11-20(19)29-14-18-13-28-16(2)24-18/h3-11,13,15H,12,14H2,1-2H3,(H,23,25). The topological polar surface area (TPSA) is 68.3 Å². The number of nitrogens with zero attached hydrogens (tertiary/aromatic N) is 1. The second kappa shape index (κ2) is 10.2. The van der Waals surface area contributed by atoms with Crippen molar-refractivity contribution in [2.75, 3.05) is 6.61 Å². The fourth-order valence-corrected chi connectivity index (χ4v) is 4.36. The fraction of sp³-hybridized carbons (Fsp3) is 0.227. The number of thiazole rings is 1. The molecule has 0 radical (unpaired) electrons. The number of hydrogen-bond donors (Lipinski definition) is 1. The molecule has 7 heteroatoms. The summed E-state index contributed by atoms with van der Waals surface area (Å²) in [5.41, 5.74) is 2.43. The maximum absolute atomic E-state index is 12.5. The van der Waals surface area contributed by atoms with Gasteiger partial charge in [0.1, 0.15) is 0 Å². The molecule has 5 nitrogen and oxygen atoms in total. The minimum Gasteiger partial charge on any atom is -0.452 e. The first-order chi connectivity index (χ1) is 14.0. The van der Waals surface area contributed by atoms with Crippen LogP contribution in [0.25, 0.3) is 0 Å². The highest BCUT2D eigenvalue weighted by atomic mass is 32.2. The SMILES string of the molecule is Cc1nc(CSc2ccccc2C(=O)OCC(=O)NC(C)c2ccccc2)cs1. The minimum absolute atomic E-state index is 0.160. The summed E-state index contributed by atoms with van der Waals surface area (Å²) in [6.07, 6.45) is 0. The molecule has 1 amide bonds. The molecule has 0 aliphatic rings. The van der Waals surface area contributed by atoms with Crippen molar-refractivity contribution in [2.24, 2.45) is 0 Å². The van der Waals surface area contributed by atoms with Crippen molar-refractivity contribution in [3.05, 3.63) is 81.8 Å². The largest absolute Gasteiger partial charge is 0.452 e. The van der Waals surface area contributed by atoms with Gasteiger partial charge in [0.2, 0.25) is 0 Å². The predicted molar refractivity (Wildman–Crippen MR) is 116 cm³/mol. The number of aromatic nitrogens is 1. The van der Waals surface area contributed by atoms with E-state index in [4.69, 9.17) is 4.74 Å². The zero-order valence-corrected chi connectivity index (χ0v) is 17.9. The Hall–Kier alpha value is -2.64. The van der Waals surface area contributed by atoms with E-state index in [9.17, 15) is 9.59 Å². The lowest BCUT2D eigenvalue weighted by molar-refractivity contribution is -0.124. The number of benzene rings is 2. The van der Waals surface area contributed by atoms with Crippen LogP contribution in [0.2, 0.25) is 0 Å². The summed E-state index contributed by atoms with van der Waals surface area (Å²) >= 11 is 3.13. The van der Waals surface area contributed by atoms with Crippen molar-refractivity contribution in [1.82, 2.24) is 10.3 Å². The number of amides is 1. The van der Waals surface area contributed by atoms with Crippen LogP contribution in [0.15, 0.2) is 64.9 Å². The van der Waals surface area contributed by atoms with Crippen molar-refractivity contribution in [3.63, 3.8) is 0 Å². The van der Waals surface area contributed by atoms with E-state index in [1.54, 1.807) is 23.5 Å². The molecule has 3 rings (SSSR count). The first-order valence-corrected chi connectivity index (χ1v) is 11.0. The van der Waals surface area contributed by atoms with E-state index in [1.807, 2.05) is 61.7 Å². The number of rotatable bonds is 8. The molecular weight excluding hydrogens is 404 g/mol. The minimum atomic E-state index is -0.509. The predicted octanol–water partition coefficient (Wildman–Crippen LogP) is 4.78.